The van der Waals surface area contributed by atoms with Gasteiger partial charge in [0.2, 0.25) is 0 Å². The summed E-state index contributed by atoms with van der Waals surface area (Å²) in [6.07, 6.45) is -2.40. The summed E-state index contributed by atoms with van der Waals surface area (Å²) < 4.78 is 32.7. The monoisotopic (exact) mass is 511 g/mol. The van der Waals surface area contributed by atoms with Gasteiger partial charge in [-0.05, 0) is 70.0 Å². The lowest BCUT2D eigenvalue weighted by Gasteiger charge is -2.50. The summed E-state index contributed by atoms with van der Waals surface area (Å²) in [6.45, 7) is 19.8. The van der Waals surface area contributed by atoms with Gasteiger partial charge >= 0.3 is 0 Å². The van der Waals surface area contributed by atoms with E-state index in [1.54, 1.807) is 0 Å². The van der Waals surface area contributed by atoms with E-state index in [2.05, 4.69) is 68.9 Å². The molecule has 11 heteroatoms. The van der Waals surface area contributed by atoms with Crippen LogP contribution in [0.3, 0.4) is 0 Å². The second-order valence-electron chi connectivity index (χ2n) is 11.3. The van der Waals surface area contributed by atoms with Crippen molar-refractivity contribution in [2.45, 2.75) is 96.2 Å². The third kappa shape index (κ3) is 10.0. The fourth-order valence-electron chi connectivity index (χ4n) is 3.66. The van der Waals surface area contributed by atoms with Crippen LogP contribution in [0.4, 0.5) is 0 Å². The molecule has 0 unspecified atom stereocenters. The lowest BCUT2D eigenvalue weighted by atomic mass is 9.99. The third-order valence-corrected chi connectivity index (χ3v) is 7.58. The number of nitrogens with zero attached hydrogens (tertiary/aromatic N) is 3. The van der Waals surface area contributed by atoms with E-state index in [0.717, 1.165) is 5.56 Å². The van der Waals surface area contributed by atoms with E-state index in [0.29, 0.717) is 6.61 Å². The van der Waals surface area contributed by atoms with E-state index in [-0.39, 0.29) is 12.6 Å². The molecule has 0 radical (unpaired) electrons. The quantitative estimate of drug-likeness (QED) is 0.159. The van der Waals surface area contributed by atoms with Crippen molar-refractivity contribution >= 4 is 25.0 Å². The topological polar surface area (TPSA) is 94.9 Å². The van der Waals surface area contributed by atoms with Gasteiger partial charge in [0.1, 0.15) is 12.2 Å². The smallest absolute Gasteiger partial charge is 0.185 e. The molecule has 0 aliphatic carbocycles. The minimum Gasteiger partial charge on any atom is -0.409 e. The van der Waals surface area contributed by atoms with Gasteiger partial charge in [0.25, 0.3) is 0 Å². The Morgan fingerprint density at radius 2 is 1.33 bits per heavy atom. The maximum Gasteiger partial charge on any atom is 0.185 e. The Kier molecular flexibility index (Phi) is 9.93. The highest BCUT2D eigenvalue weighted by atomic mass is 28.4. The Hall–Kier alpha value is -1.02. The number of benzene rings is 1. The number of hydrogen-bond acceptors (Lipinski definition) is 6. The van der Waals surface area contributed by atoms with Crippen molar-refractivity contribution in [2.75, 3.05) is 6.54 Å². The molecule has 0 bridgehead atoms. The molecule has 0 spiro atoms. The molecule has 5 atom stereocenters. The van der Waals surface area contributed by atoms with Crippen LogP contribution in [-0.4, -0.2) is 62.2 Å². The Labute approximate surface area is 201 Å². The summed E-state index contributed by atoms with van der Waals surface area (Å²) in [5.74, 6) is 0. The fraction of sp³-hybridized carbons (Fsp3) is 0.727. The first-order chi connectivity index (χ1) is 15.2. The summed E-state index contributed by atoms with van der Waals surface area (Å²) in [7, 11) is -5.99. The van der Waals surface area contributed by atoms with Gasteiger partial charge in [-0.3, -0.25) is 0 Å². The summed E-state index contributed by atoms with van der Waals surface area (Å²) in [5.41, 5.74) is 10.0. The van der Waals surface area contributed by atoms with Crippen LogP contribution in [0.1, 0.15) is 5.56 Å². The van der Waals surface area contributed by atoms with Gasteiger partial charge in [0.15, 0.2) is 31.2 Å². The molecule has 1 aliphatic heterocycles. The Morgan fingerprint density at radius 1 is 0.818 bits per heavy atom. The molecule has 2 rings (SSSR count). The Balaban J connectivity index is 2.46. The van der Waals surface area contributed by atoms with Crippen LogP contribution in [0, 0.1) is 0 Å². The number of rotatable bonds is 11. The average Bonchev–Trinajstić information content (AvgIpc) is 2.66. The zero-order valence-electron chi connectivity index (χ0n) is 21.6. The Bertz CT molecular complexity index is 789. The molecule has 0 aromatic heterocycles. The lowest BCUT2D eigenvalue weighted by Crippen LogP contribution is -2.66. The van der Waals surface area contributed by atoms with Crippen LogP contribution in [0.15, 0.2) is 35.4 Å². The van der Waals surface area contributed by atoms with Crippen molar-refractivity contribution in [3.05, 3.63) is 46.3 Å². The van der Waals surface area contributed by atoms with Crippen LogP contribution in [0.25, 0.3) is 10.4 Å². The second kappa shape index (κ2) is 11.6. The highest BCUT2D eigenvalue weighted by molar-refractivity contribution is 6.70. The van der Waals surface area contributed by atoms with Crippen LogP contribution in [-0.2, 0) is 29.4 Å². The van der Waals surface area contributed by atoms with E-state index in [1.807, 2.05) is 30.3 Å². The molecular weight excluding hydrogens is 471 g/mol. The number of ether oxygens (including phenoxy) is 2. The van der Waals surface area contributed by atoms with Crippen molar-refractivity contribution in [1.82, 2.24) is 0 Å². The molecule has 0 N–H and O–H groups in total. The standard InChI is InChI=1S/C22H41N3O5Si3/c1-31(2,3)28-19-18(15-24-25-23)27-22(26-16-17-13-11-10-12-14-17)21(30-33(7,8)9)20(19)29-32(4,5)6/h10-14,18-22H,15-16H2,1-9H3/t18-,19-,20+,21+,22+/m1/s1. The maximum absolute atomic E-state index is 8.99. The van der Waals surface area contributed by atoms with E-state index in [4.69, 9.17) is 28.3 Å². The largest absolute Gasteiger partial charge is 0.409 e. The highest BCUT2D eigenvalue weighted by Gasteiger charge is 2.51. The van der Waals surface area contributed by atoms with Gasteiger partial charge in [-0.2, -0.15) is 0 Å². The summed E-state index contributed by atoms with van der Waals surface area (Å²) >= 11 is 0. The number of azide groups is 1. The molecule has 1 aliphatic rings. The molecule has 1 aromatic rings. The van der Waals surface area contributed by atoms with E-state index < -0.39 is 49.6 Å². The highest BCUT2D eigenvalue weighted by Crippen LogP contribution is 2.34. The van der Waals surface area contributed by atoms with Crippen LogP contribution >= 0.6 is 0 Å². The van der Waals surface area contributed by atoms with E-state index >= 15 is 0 Å². The van der Waals surface area contributed by atoms with Crippen LogP contribution < -0.4 is 0 Å². The first-order valence-electron chi connectivity index (χ1n) is 11.5. The predicted octanol–water partition coefficient (Wildman–Crippen LogP) is 5.90. The predicted molar refractivity (Wildman–Crippen MR) is 139 cm³/mol. The fourth-order valence-corrected chi connectivity index (χ4v) is 6.90. The van der Waals surface area contributed by atoms with Gasteiger partial charge in [0, 0.05) is 4.91 Å². The van der Waals surface area contributed by atoms with Crippen molar-refractivity contribution in [2.24, 2.45) is 5.11 Å². The molecular formula is C22H41N3O5Si3. The molecule has 0 saturated carbocycles. The summed E-state index contributed by atoms with van der Waals surface area (Å²) in [6, 6.07) is 9.97. The van der Waals surface area contributed by atoms with Crippen molar-refractivity contribution in [1.29, 1.82) is 0 Å². The van der Waals surface area contributed by atoms with Crippen molar-refractivity contribution in [3.63, 3.8) is 0 Å². The maximum atomic E-state index is 8.99. The molecule has 186 valence electrons. The van der Waals surface area contributed by atoms with E-state index in [9.17, 15) is 0 Å². The molecule has 1 fully saturated rings. The van der Waals surface area contributed by atoms with Gasteiger partial charge in [-0.25, -0.2) is 0 Å². The molecule has 8 nitrogen and oxygen atoms in total. The molecule has 1 heterocycles. The third-order valence-electron chi connectivity index (χ3n) is 4.64. The second-order valence-corrected chi connectivity index (χ2v) is 24.7. The van der Waals surface area contributed by atoms with Gasteiger partial charge in [0.05, 0.1) is 25.4 Å². The van der Waals surface area contributed by atoms with Crippen LogP contribution in [0.2, 0.25) is 58.9 Å². The first kappa shape index (κ1) is 28.2. The zero-order chi connectivity index (χ0) is 24.9. The van der Waals surface area contributed by atoms with Crippen molar-refractivity contribution in [3.8, 4) is 0 Å². The molecule has 0 amide bonds. The van der Waals surface area contributed by atoms with Crippen molar-refractivity contribution < 1.29 is 22.8 Å². The molecule has 1 saturated heterocycles. The first-order valence-corrected chi connectivity index (χ1v) is 21.8. The minimum atomic E-state index is -2.00. The normalized spacial score (nSPS) is 26.6. The van der Waals surface area contributed by atoms with Gasteiger partial charge in [-0.1, -0.05) is 35.4 Å². The SMILES string of the molecule is C[Si](C)(C)O[C@@H]1[C@H](O[Si](C)(C)C)[C@@H](OCc2ccccc2)O[C@H](CN=[N+]=[N-])[C@H]1O[Si](C)(C)C. The lowest BCUT2D eigenvalue weighted by molar-refractivity contribution is -0.287. The van der Waals surface area contributed by atoms with E-state index in [1.165, 1.54) is 0 Å². The van der Waals surface area contributed by atoms with Gasteiger partial charge < -0.3 is 22.8 Å². The van der Waals surface area contributed by atoms with Crippen LogP contribution in [0.5, 0.6) is 0 Å². The minimum absolute atomic E-state index is 0.141. The molecule has 1 aromatic carbocycles. The summed E-state index contributed by atoms with van der Waals surface area (Å²) in [5, 5.41) is 3.82. The number of hydrogen-bond donors (Lipinski definition) is 0. The Morgan fingerprint density at radius 3 is 1.85 bits per heavy atom. The average molecular weight is 512 g/mol. The van der Waals surface area contributed by atoms with Gasteiger partial charge in [-0.15, -0.1) is 0 Å². The molecule has 33 heavy (non-hydrogen) atoms. The zero-order valence-corrected chi connectivity index (χ0v) is 24.6. The summed E-state index contributed by atoms with van der Waals surface area (Å²) in [4.78, 5) is 2.96.